The third kappa shape index (κ3) is 7.99. The number of para-hydroxylation sites is 1. The molecule has 218 valence electrons. The summed E-state index contributed by atoms with van der Waals surface area (Å²) < 4.78 is 41.1. The monoisotopic (exact) mass is 619 g/mol. The summed E-state index contributed by atoms with van der Waals surface area (Å²) in [6.07, 6.45) is 4.73. The van der Waals surface area contributed by atoms with Crippen LogP contribution >= 0.6 is 23.2 Å². The first-order valence-electron chi connectivity index (χ1n) is 13.3. The van der Waals surface area contributed by atoms with Gasteiger partial charge in [-0.1, -0.05) is 84.6 Å². The second-order valence-electron chi connectivity index (χ2n) is 10.1. The maximum Gasteiger partial charge on any atom is 0.244 e. The largest absolute Gasteiger partial charge is 0.352 e. The lowest BCUT2D eigenvalue weighted by atomic mass is 10.0. The number of carbonyl (C=O) groups is 2. The highest BCUT2D eigenvalue weighted by molar-refractivity contribution is 7.92. The Kier molecular flexibility index (Phi) is 10.3. The molecule has 0 radical (unpaired) electrons. The third-order valence-electron chi connectivity index (χ3n) is 7.16. The zero-order chi connectivity index (χ0) is 29.6. The molecule has 0 aliphatic heterocycles. The predicted octanol–water partition coefficient (Wildman–Crippen LogP) is 5.60. The van der Waals surface area contributed by atoms with Crippen molar-refractivity contribution in [3.05, 3.63) is 99.8 Å². The van der Waals surface area contributed by atoms with Gasteiger partial charge in [0.05, 0.1) is 11.9 Å². The average Bonchev–Trinajstić information content (AvgIpc) is 3.44. The van der Waals surface area contributed by atoms with E-state index >= 15 is 0 Å². The van der Waals surface area contributed by atoms with E-state index in [0.717, 1.165) is 43.6 Å². The van der Waals surface area contributed by atoms with Gasteiger partial charge in [0.15, 0.2) is 0 Å². The average molecular weight is 621 g/mol. The predicted molar refractivity (Wildman–Crippen MR) is 160 cm³/mol. The molecule has 1 unspecified atom stereocenters. The van der Waals surface area contributed by atoms with E-state index in [2.05, 4.69) is 5.32 Å². The van der Waals surface area contributed by atoms with Crippen LogP contribution in [0, 0.1) is 5.82 Å². The highest BCUT2D eigenvalue weighted by atomic mass is 35.5. The van der Waals surface area contributed by atoms with E-state index in [0.29, 0.717) is 19.9 Å². The summed E-state index contributed by atoms with van der Waals surface area (Å²) in [7, 11) is -4.09. The summed E-state index contributed by atoms with van der Waals surface area (Å²) in [4.78, 5) is 29.3. The summed E-state index contributed by atoms with van der Waals surface area (Å²) in [6, 6.07) is 18.4. The molecule has 41 heavy (non-hydrogen) atoms. The Morgan fingerprint density at radius 3 is 2.17 bits per heavy atom. The van der Waals surface area contributed by atoms with Crippen molar-refractivity contribution < 1.29 is 22.4 Å². The standard InChI is InChI=1S/C30H32Cl2FN3O4S/c1-41(39,40)36(27-17-8-7-16-26(27)33)20-29(37)35(19-23-24(31)14-9-15-25(23)32)28(18-21-10-3-2-4-11-21)30(38)34-22-12-5-6-13-22/h2-4,7-11,14-17,22,28H,5-6,12-13,18-20H2,1H3,(H,34,38). The van der Waals surface area contributed by atoms with Crippen molar-refractivity contribution in [2.45, 2.75) is 50.7 Å². The first-order chi connectivity index (χ1) is 19.5. The summed E-state index contributed by atoms with van der Waals surface area (Å²) in [6.45, 7) is -0.897. The molecule has 11 heteroatoms. The van der Waals surface area contributed by atoms with Gasteiger partial charge in [-0.3, -0.25) is 13.9 Å². The zero-order valence-corrected chi connectivity index (χ0v) is 24.9. The topological polar surface area (TPSA) is 86.8 Å². The number of halogens is 3. The highest BCUT2D eigenvalue weighted by Crippen LogP contribution is 2.29. The van der Waals surface area contributed by atoms with Crippen molar-refractivity contribution in [1.82, 2.24) is 10.2 Å². The van der Waals surface area contributed by atoms with Gasteiger partial charge in [-0.05, 0) is 42.7 Å². The molecule has 0 heterocycles. The maximum atomic E-state index is 14.7. The van der Waals surface area contributed by atoms with Crippen molar-refractivity contribution >= 4 is 50.7 Å². The van der Waals surface area contributed by atoms with Crippen LogP contribution in [-0.4, -0.2) is 50.0 Å². The molecule has 1 saturated carbocycles. The van der Waals surface area contributed by atoms with Gasteiger partial charge in [-0.2, -0.15) is 0 Å². The molecule has 0 saturated heterocycles. The molecule has 1 aliphatic carbocycles. The molecule has 2 amide bonds. The zero-order valence-electron chi connectivity index (χ0n) is 22.6. The second-order valence-corrected chi connectivity index (χ2v) is 12.9. The van der Waals surface area contributed by atoms with E-state index in [1.54, 1.807) is 18.2 Å². The fraction of sp³-hybridized carbons (Fsp3) is 0.333. The first kappa shape index (κ1) is 30.8. The van der Waals surface area contributed by atoms with E-state index in [-0.39, 0.29) is 30.6 Å². The van der Waals surface area contributed by atoms with Gasteiger partial charge in [0.25, 0.3) is 0 Å². The number of rotatable bonds is 11. The molecule has 7 nitrogen and oxygen atoms in total. The molecular formula is C30H32Cl2FN3O4S. The molecule has 3 aromatic rings. The van der Waals surface area contributed by atoms with Gasteiger partial charge in [-0.15, -0.1) is 0 Å². The van der Waals surface area contributed by atoms with E-state index in [1.165, 1.54) is 23.1 Å². The number of hydrogen-bond acceptors (Lipinski definition) is 4. The van der Waals surface area contributed by atoms with Gasteiger partial charge in [0.1, 0.15) is 18.4 Å². The lowest BCUT2D eigenvalue weighted by Gasteiger charge is -2.34. The fourth-order valence-corrected chi connectivity index (χ4v) is 6.39. The van der Waals surface area contributed by atoms with E-state index in [1.807, 2.05) is 30.3 Å². The number of hydrogen-bond donors (Lipinski definition) is 1. The van der Waals surface area contributed by atoms with Crippen LogP contribution in [0.2, 0.25) is 10.0 Å². The summed E-state index contributed by atoms with van der Waals surface area (Å²) >= 11 is 13.0. The molecule has 0 aromatic heterocycles. The summed E-state index contributed by atoms with van der Waals surface area (Å²) in [5.74, 6) is -1.88. The maximum absolute atomic E-state index is 14.7. The minimum atomic E-state index is -4.09. The van der Waals surface area contributed by atoms with Crippen molar-refractivity contribution in [1.29, 1.82) is 0 Å². The quantitative estimate of drug-likeness (QED) is 0.303. The minimum Gasteiger partial charge on any atom is -0.352 e. The SMILES string of the molecule is CS(=O)(=O)N(CC(=O)N(Cc1c(Cl)cccc1Cl)C(Cc1ccccc1)C(=O)NC1CCCC1)c1ccccc1F. The Morgan fingerprint density at radius 2 is 1.56 bits per heavy atom. The number of anilines is 1. The smallest absolute Gasteiger partial charge is 0.244 e. The van der Waals surface area contributed by atoms with Crippen molar-refractivity contribution in [3.8, 4) is 0 Å². The van der Waals surface area contributed by atoms with Gasteiger partial charge in [0, 0.05) is 34.6 Å². The van der Waals surface area contributed by atoms with Gasteiger partial charge >= 0.3 is 0 Å². The van der Waals surface area contributed by atoms with E-state index in [9.17, 15) is 22.4 Å². The van der Waals surface area contributed by atoms with Crippen LogP contribution in [0.3, 0.4) is 0 Å². The Labute approximate surface area is 250 Å². The van der Waals surface area contributed by atoms with Crippen LogP contribution in [-0.2, 0) is 32.6 Å². The summed E-state index contributed by atoms with van der Waals surface area (Å²) in [5.41, 5.74) is 0.943. The molecular weight excluding hydrogens is 588 g/mol. The Morgan fingerprint density at radius 1 is 0.951 bits per heavy atom. The van der Waals surface area contributed by atoms with E-state index < -0.39 is 34.3 Å². The van der Waals surface area contributed by atoms with Crippen LogP contribution in [0.25, 0.3) is 0 Å². The number of nitrogens with one attached hydrogen (secondary N) is 1. The molecule has 1 N–H and O–H groups in total. The van der Waals surface area contributed by atoms with Crippen LogP contribution in [0.4, 0.5) is 10.1 Å². The van der Waals surface area contributed by atoms with Crippen molar-refractivity contribution in [2.75, 3.05) is 17.1 Å². The molecule has 1 atom stereocenters. The first-order valence-corrected chi connectivity index (χ1v) is 15.9. The van der Waals surface area contributed by atoms with Gasteiger partial charge < -0.3 is 10.2 Å². The normalized spacial score (nSPS) is 14.4. The lowest BCUT2D eigenvalue weighted by Crippen LogP contribution is -2.54. The molecule has 0 spiro atoms. The summed E-state index contributed by atoms with van der Waals surface area (Å²) in [5, 5.41) is 3.66. The van der Waals surface area contributed by atoms with Crippen molar-refractivity contribution in [2.24, 2.45) is 0 Å². The number of nitrogens with zero attached hydrogens (tertiary/aromatic N) is 2. The minimum absolute atomic E-state index is 0.0208. The molecule has 0 bridgehead atoms. The molecule has 1 aliphatic rings. The number of sulfonamides is 1. The molecule has 1 fully saturated rings. The number of amides is 2. The Hall–Kier alpha value is -3.14. The second kappa shape index (κ2) is 13.7. The van der Waals surface area contributed by atoms with Crippen LogP contribution < -0.4 is 9.62 Å². The van der Waals surface area contributed by atoms with E-state index in [4.69, 9.17) is 23.2 Å². The lowest BCUT2D eigenvalue weighted by molar-refractivity contribution is -0.140. The number of benzene rings is 3. The third-order valence-corrected chi connectivity index (χ3v) is 9.00. The molecule has 4 rings (SSSR count). The van der Waals surface area contributed by atoms with Gasteiger partial charge in [0.2, 0.25) is 21.8 Å². The molecule has 3 aromatic carbocycles. The highest BCUT2D eigenvalue weighted by Gasteiger charge is 2.35. The van der Waals surface area contributed by atoms with Crippen molar-refractivity contribution in [3.63, 3.8) is 0 Å². The van der Waals surface area contributed by atoms with Crippen LogP contribution in [0.5, 0.6) is 0 Å². The van der Waals surface area contributed by atoms with Gasteiger partial charge in [-0.25, -0.2) is 12.8 Å². The Bertz CT molecular complexity index is 1460. The number of carbonyl (C=O) groups excluding carboxylic acids is 2. The Balaban J connectivity index is 1.77. The fourth-order valence-electron chi connectivity index (χ4n) is 5.02. The van der Waals surface area contributed by atoms with Crippen LogP contribution in [0.15, 0.2) is 72.8 Å². The van der Waals surface area contributed by atoms with Crippen LogP contribution in [0.1, 0.15) is 36.8 Å².